The summed E-state index contributed by atoms with van der Waals surface area (Å²) >= 11 is 6.52. The van der Waals surface area contributed by atoms with E-state index in [0.717, 1.165) is 70.5 Å². The maximum absolute atomic E-state index is 13.7. The molecule has 2 aliphatic carbocycles. The molecular weight excluding hydrogens is 562 g/mol. The first-order valence-electron chi connectivity index (χ1n) is 15.0. The third-order valence-corrected chi connectivity index (χ3v) is 10.2. The van der Waals surface area contributed by atoms with Crippen molar-refractivity contribution >= 4 is 39.4 Å². The van der Waals surface area contributed by atoms with E-state index in [1.54, 1.807) is 19.2 Å². The molecule has 3 aromatic carbocycles. The molecule has 3 N–H and O–H groups in total. The number of phenolic OH excluding ortho intramolecular Hbond substituents is 1. The Morgan fingerprint density at radius 3 is 2.63 bits per heavy atom. The third kappa shape index (κ3) is 4.22. The second kappa shape index (κ2) is 9.76. The standard InChI is InChI=1S/C34H34ClN5O3/c1-38-32-26(11-22(14-30(32)43-2)34(42)40-17-21-7-10-27(40)31(21)36)37-33(38)29-13-20-6-5-19(24-9-8-23(41)15-25(24)35)12-28(20)39(29)16-18-3-4-18/h5-6,8-9,11-15,18,21,27,31,41H,3-4,7,10,16-17,36H2,1-2H3. The van der Waals surface area contributed by atoms with E-state index in [4.69, 9.17) is 27.1 Å². The van der Waals surface area contributed by atoms with E-state index in [9.17, 15) is 9.90 Å². The van der Waals surface area contributed by atoms with Crippen LogP contribution in [0.4, 0.5) is 0 Å². The molecule has 1 aliphatic heterocycles. The Labute approximate surface area is 254 Å². The molecular formula is C34H34ClN5O3. The molecule has 2 aromatic heterocycles. The topological polar surface area (TPSA) is 98.5 Å². The summed E-state index contributed by atoms with van der Waals surface area (Å²) in [7, 11) is 3.65. The van der Waals surface area contributed by atoms with E-state index < -0.39 is 0 Å². The summed E-state index contributed by atoms with van der Waals surface area (Å²) in [5, 5.41) is 11.5. The van der Waals surface area contributed by atoms with Crippen LogP contribution in [0.25, 0.3) is 44.6 Å². The molecule has 2 saturated carbocycles. The van der Waals surface area contributed by atoms with Crippen LogP contribution in [-0.2, 0) is 13.6 Å². The molecule has 1 saturated heterocycles. The van der Waals surface area contributed by atoms with Crippen molar-refractivity contribution in [2.75, 3.05) is 13.7 Å². The molecule has 3 atom stereocenters. The number of methoxy groups -OCH3 is 1. The summed E-state index contributed by atoms with van der Waals surface area (Å²) < 4.78 is 10.3. The Bertz CT molecular complexity index is 1940. The Morgan fingerprint density at radius 1 is 1.09 bits per heavy atom. The van der Waals surface area contributed by atoms with Gasteiger partial charge in [0.15, 0.2) is 5.82 Å². The molecule has 220 valence electrons. The van der Waals surface area contributed by atoms with Gasteiger partial charge in [-0.1, -0.05) is 23.7 Å². The minimum absolute atomic E-state index is 0.00155. The summed E-state index contributed by atoms with van der Waals surface area (Å²) in [5.74, 6) is 2.61. The van der Waals surface area contributed by atoms with Gasteiger partial charge in [-0.2, -0.15) is 0 Å². The van der Waals surface area contributed by atoms with Crippen LogP contribution in [0.5, 0.6) is 11.5 Å². The van der Waals surface area contributed by atoms with Crippen molar-refractivity contribution in [3.63, 3.8) is 0 Å². The summed E-state index contributed by atoms with van der Waals surface area (Å²) in [5.41, 5.74) is 12.6. The number of likely N-dealkylation sites (tertiary alicyclic amines) is 1. The molecule has 8 nitrogen and oxygen atoms in total. The number of aromatic hydroxyl groups is 1. The first kappa shape index (κ1) is 26.6. The lowest BCUT2D eigenvalue weighted by molar-refractivity contribution is 0.0700. The monoisotopic (exact) mass is 595 g/mol. The van der Waals surface area contributed by atoms with E-state index in [1.165, 1.54) is 12.8 Å². The minimum atomic E-state index is -0.00155. The number of fused-ring (bicyclic) bond motifs is 4. The molecule has 9 heteroatoms. The first-order chi connectivity index (χ1) is 20.8. The highest BCUT2D eigenvalue weighted by atomic mass is 35.5. The van der Waals surface area contributed by atoms with Gasteiger partial charge < -0.3 is 29.6 Å². The van der Waals surface area contributed by atoms with Crippen molar-refractivity contribution in [3.05, 3.63) is 65.2 Å². The molecule has 43 heavy (non-hydrogen) atoms. The summed E-state index contributed by atoms with van der Waals surface area (Å²) in [6.07, 6.45) is 4.50. The van der Waals surface area contributed by atoms with Gasteiger partial charge in [0.25, 0.3) is 5.91 Å². The van der Waals surface area contributed by atoms with Crippen molar-refractivity contribution in [2.24, 2.45) is 24.6 Å². The zero-order valence-corrected chi connectivity index (χ0v) is 25.0. The predicted molar refractivity (Wildman–Crippen MR) is 169 cm³/mol. The van der Waals surface area contributed by atoms with Gasteiger partial charge in [0.2, 0.25) is 0 Å². The number of hydrogen-bond donors (Lipinski definition) is 2. The summed E-state index contributed by atoms with van der Waals surface area (Å²) in [6.45, 7) is 1.62. The fourth-order valence-electron chi connectivity index (χ4n) is 7.37. The zero-order chi connectivity index (χ0) is 29.6. The second-order valence-corrected chi connectivity index (χ2v) is 12.9. The van der Waals surface area contributed by atoms with Crippen molar-refractivity contribution in [3.8, 4) is 34.1 Å². The largest absolute Gasteiger partial charge is 0.508 e. The fourth-order valence-corrected chi connectivity index (χ4v) is 7.65. The van der Waals surface area contributed by atoms with Crippen LogP contribution in [0.3, 0.4) is 0 Å². The SMILES string of the molecule is COc1cc(C(=O)N2CC3CCC2C3N)cc2nc(-c3cc4ccc(-c5ccc(O)cc5Cl)cc4n3CC3CC3)n(C)c12. The number of imidazole rings is 1. The number of phenols is 1. The lowest BCUT2D eigenvalue weighted by atomic mass is 10.0. The molecule has 3 unspecified atom stereocenters. The van der Waals surface area contributed by atoms with Gasteiger partial charge in [0.1, 0.15) is 17.0 Å². The van der Waals surface area contributed by atoms with Crippen molar-refractivity contribution in [2.45, 2.75) is 44.3 Å². The van der Waals surface area contributed by atoms with Gasteiger partial charge in [-0.05, 0) is 85.5 Å². The quantitative estimate of drug-likeness (QED) is 0.243. The maximum atomic E-state index is 13.7. The maximum Gasteiger partial charge on any atom is 0.254 e. The number of nitrogens with two attached hydrogens (primary N) is 1. The van der Waals surface area contributed by atoms with Crippen LogP contribution in [0.2, 0.25) is 5.02 Å². The fraction of sp³-hybridized carbons (Fsp3) is 0.353. The third-order valence-electron chi connectivity index (χ3n) is 9.85. The van der Waals surface area contributed by atoms with Gasteiger partial charge in [-0.25, -0.2) is 4.98 Å². The average molecular weight is 596 g/mol. The Kier molecular flexibility index (Phi) is 6.04. The van der Waals surface area contributed by atoms with E-state index in [0.29, 0.717) is 28.2 Å². The lowest BCUT2D eigenvalue weighted by Gasteiger charge is -2.27. The molecule has 3 aliphatic rings. The number of carbonyl (C=O) groups excluding carboxylic acids is 1. The molecule has 3 fully saturated rings. The van der Waals surface area contributed by atoms with Gasteiger partial charge in [0, 0.05) is 54.3 Å². The molecule has 1 amide bonds. The smallest absolute Gasteiger partial charge is 0.254 e. The van der Waals surface area contributed by atoms with Crippen molar-refractivity contribution in [1.29, 1.82) is 0 Å². The molecule has 3 heterocycles. The molecule has 0 spiro atoms. The predicted octanol–water partition coefficient (Wildman–Crippen LogP) is 6.20. The summed E-state index contributed by atoms with van der Waals surface area (Å²) in [4.78, 5) is 20.8. The Hall–Kier alpha value is -4.01. The number of halogens is 1. The molecule has 2 bridgehead atoms. The Morgan fingerprint density at radius 2 is 1.93 bits per heavy atom. The number of carbonyl (C=O) groups is 1. The Balaban J connectivity index is 1.25. The molecule has 8 rings (SSSR count). The van der Waals surface area contributed by atoms with Crippen molar-refractivity contribution < 1.29 is 14.6 Å². The molecule has 0 radical (unpaired) electrons. The van der Waals surface area contributed by atoms with Crippen LogP contribution in [0.1, 0.15) is 36.0 Å². The lowest BCUT2D eigenvalue weighted by Crippen LogP contribution is -2.41. The van der Waals surface area contributed by atoms with E-state index >= 15 is 0 Å². The highest BCUT2D eigenvalue weighted by Crippen LogP contribution is 2.41. The van der Waals surface area contributed by atoms with E-state index in [1.807, 2.05) is 30.1 Å². The van der Waals surface area contributed by atoms with Gasteiger partial charge in [-0.15, -0.1) is 0 Å². The van der Waals surface area contributed by atoms with Crippen LogP contribution < -0.4 is 10.5 Å². The number of nitrogens with zero attached hydrogens (tertiary/aromatic N) is 4. The average Bonchev–Trinajstić information content (AvgIpc) is 3.41. The van der Waals surface area contributed by atoms with E-state index in [2.05, 4.69) is 33.4 Å². The minimum Gasteiger partial charge on any atom is -0.508 e. The number of piperidine rings is 1. The van der Waals surface area contributed by atoms with Crippen LogP contribution in [0.15, 0.2) is 54.6 Å². The number of hydrogen-bond acceptors (Lipinski definition) is 5. The number of aryl methyl sites for hydroxylation is 1. The normalized spacial score (nSPS) is 21.4. The number of amides is 1. The highest BCUT2D eigenvalue weighted by molar-refractivity contribution is 6.33. The highest BCUT2D eigenvalue weighted by Gasteiger charge is 2.47. The summed E-state index contributed by atoms with van der Waals surface area (Å²) in [6, 6.07) is 17.6. The zero-order valence-electron chi connectivity index (χ0n) is 24.3. The van der Waals surface area contributed by atoms with Crippen LogP contribution in [-0.4, -0.2) is 55.8 Å². The van der Waals surface area contributed by atoms with Gasteiger partial charge in [0.05, 0.1) is 23.3 Å². The number of benzene rings is 3. The number of ether oxygens (including phenoxy) is 1. The van der Waals surface area contributed by atoms with Crippen LogP contribution >= 0.6 is 11.6 Å². The number of rotatable bonds is 6. The first-order valence-corrected chi connectivity index (χ1v) is 15.4. The van der Waals surface area contributed by atoms with Gasteiger partial charge >= 0.3 is 0 Å². The van der Waals surface area contributed by atoms with Gasteiger partial charge in [-0.3, -0.25) is 4.79 Å². The van der Waals surface area contributed by atoms with E-state index in [-0.39, 0.29) is 23.7 Å². The molecule has 5 aromatic rings. The van der Waals surface area contributed by atoms with Crippen molar-refractivity contribution in [1.82, 2.24) is 19.0 Å². The number of aromatic nitrogens is 3. The second-order valence-electron chi connectivity index (χ2n) is 12.5. The van der Waals surface area contributed by atoms with Crippen LogP contribution in [0, 0.1) is 11.8 Å².